The maximum absolute atomic E-state index is 13.2. The molecule has 1 N–H and O–H groups in total. The van der Waals surface area contributed by atoms with E-state index in [0.29, 0.717) is 25.1 Å². The maximum Gasteiger partial charge on any atom is 0.243 e. The molecule has 3 aromatic rings. The van der Waals surface area contributed by atoms with Gasteiger partial charge in [-0.15, -0.1) is 0 Å². The van der Waals surface area contributed by atoms with E-state index in [2.05, 4.69) is 5.32 Å². The van der Waals surface area contributed by atoms with Crippen LogP contribution in [0.3, 0.4) is 0 Å². The van der Waals surface area contributed by atoms with Crippen molar-refractivity contribution < 1.29 is 14.0 Å². The molecule has 0 saturated heterocycles. The van der Waals surface area contributed by atoms with Crippen LogP contribution in [0.5, 0.6) is 0 Å². The van der Waals surface area contributed by atoms with Crippen molar-refractivity contribution in [1.82, 2.24) is 10.2 Å². The molecule has 2 aromatic carbocycles. The Kier molecular flexibility index (Phi) is 7.84. The summed E-state index contributed by atoms with van der Waals surface area (Å²) in [4.78, 5) is 28.0. The van der Waals surface area contributed by atoms with Gasteiger partial charge in [-0.25, -0.2) is 0 Å². The summed E-state index contributed by atoms with van der Waals surface area (Å²) in [5, 5.41) is 2.94. The first-order valence-corrected chi connectivity index (χ1v) is 10.3. The highest BCUT2D eigenvalue weighted by Gasteiger charge is 2.29. The van der Waals surface area contributed by atoms with Gasteiger partial charge >= 0.3 is 0 Å². The number of carbonyl (C=O) groups is 2. The second-order valence-electron chi connectivity index (χ2n) is 7.26. The van der Waals surface area contributed by atoms with Crippen LogP contribution in [-0.4, -0.2) is 22.8 Å². The topological polar surface area (TPSA) is 62.6 Å². The van der Waals surface area contributed by atoms with E-state index >= 15 is 0 Å². The number of hydrogen-bond acceptors (Lipinski definition) is 3. The molecule has 30 heavy (non-hydrogen) atoms. The van der Waals surface area contributed by atoms with Gasteiger partial charge in [0.1, 0.15) is 11.8 Å². The summed E-state index contributed by atoms with van der Waals surface area (Å²) in [7, 11) is 0. The fraction of sp³-hybridized carbons (Fsp3) is 0.280. The molecule has 0 radical (unpaired) electrons. The Bertz CT molecular complexity index is 908. The highest BCUT2D eigenvalue weighted by molar-refractivity contribution is 5.88. The molecule has 0 bridgehead atoms. The average Bonchev–Trinajstić information content (AvgIpc) is 3.30. The molecule has 0 fully saturated rings. The first-order valence-electron chi connectivity index (χ1n) is 10.3. The molecular weight excluding hydrogens is 376 g/mol. The van der Waals surface area contributed by atoms with Crippen LogP contribution in [0, 0.1) is 0 Å². The third-order valence-corrected chi connectivity index (χ3v) is 4.95. The summed E-state index contributed by atoms with van der Waals surface area (Å²) < 4.78 is 5.33. The Hall–Kier alpha value is -3.34. The lowest BCUT2D eigenvalue weighted by Crippen LogP contribution is -2.50. The van der Waals surface area contributed by atoms with Gasteiger partial charge in [0.15, 0.2) is 0 Å². The van der Waals surface area contributed by atoms with Gasteiger partial charge in [0.2, 0.25) is 11.8 Å². The summed E-state index contributed by atoms with van der Waals surface area (Å²) in [5.41, 5.74) is 2.01. The van der Waals surface area contributed by atoms with Crippen LogP contribution in [-0.2, 0) is 29.1 Å². The van der Waals surface area contributed by atoms with E-state index in [4.69, 9.17) is 4.42 Å². The molecule has 0 spiro atoms. The minimum Gasteiger partial charge on any atom is -0.467 e. The van der Waals surface area contributed by atoms with Gasteiger partial charge in [0.25, 0.3) is 0 Å². The molecule has 1 aromatic heterocycles. The molecule has 5 nitrogen and oxygen atoms in total. The zero-order chi connectivity index (χ0) is 21.2. The first kappa shape index (κ1) is 21.4. The molecule has 156 valence electrons. The van der Waals surface area contributed by atoms with Gasteiger partial charge in [0, 0.05) is 19.4 Å². The van der Waals surface area contributed by atoms with Crippen LogP contribution in [0.1, 0.15) is 36.7 Å². The molecule has 1 atom stereocenters. The number of hydrogen-bond donors (Lipinski definition) is 1. The summed E-state index contributed by atoms with van der Waals surface area (Å²) >= 11 is 0. The van der Waals surface area contributed by atoms with Crippen LogP contribution in [0.4, 0.5) is 0 Å². The molecular formula is C25H28N2O3. The lowest BCUT2D eigenvalue weighted by Gasteiger charge is -2.31. The van der Waals surface area contributed by atoms with Crippen LogP contribution >= 0.6 is 0 Å². The van der Waals surface area contributed by atoms with Crippen molar-refractivity contribution in [3.8, 4) is 0 Å². The Labute approximate surface area is 177 Å². The number of carbonyl (C=O) groups excluding carboxylic acids is 2. The zero-order valence-electron chi connectivity index (χ0n) is 17.3. The molecule has 3 rings (SSSR count). The second-order valence-corrected chi connectivity index (χ2v) is 7.26. The van der Waals surface area contributed by atoms with Crippen LogP contribution < -0.4 is 5.32 Å². The standard InChI is InChI=1S/C25H28N2O3/c1-2-10-24(28)27(19-21-13-7-4-8-14-21)23(17-20-11-5-3-6-12-20)25(29)26-18-22-15-9-16-30-22/h3-9,11-16,23H,2,10,17-19H2,1H3,(H,26,29). The lowest BCUT2D eigenvalue weighted by molar-refractivity contribution is -0.141. The van der Waals surface area contributed by atoms with E-state index in [1.807, 2.05) is 73.7 Å². The van der Waals surface area contributed by atoms with Gasteiger partial charge < -0.3 is 14.6 Å². The van der Waals surface area contributed by atoms with Crippen LogP contribution in [0.25, 0.3) is 0 Å². The minimum atomic E-state index is -0.610. The van der Waals surface area contributed by atoms with E-state index in [0.717, 1.165) is 17.5 Å². The van der Waals surface area contributed by atoms with Crippen LogP contribution in [0.15, 0.2) is 83.5 Å². The van der Waals surface area contributed by atoms with Crippen molar-refractivity contribution in [2.45, 2.75) is 45.3 Å². The highest BCUT2D eigenvalue weighted by atomic mass is 16.3. The van der Waals surface area contributed by atoms with Gasteiger partial charge in [-0.3, -0.25) is 9.59 Å². The number of nitrogens with one attached hydrogen (secondary N) is 1. The van der Waals surface area contributed by atoms with Crippen molar-refractivity contribution in [2.24, 2.45) is 0 Å². The Morgan fingerprint density at radius 1 is 0.933 bits per heavy atom. The van der Waals surface area contributed by atoms with Gasteiger partial charge in [-0.2, -0.15) is 0 Å². The number of amides is 2. The fourth-order valence-corrected chi connectivity index (χ4v) is 3.40. The number of nitrogens with zero attached hydrogens (tertiary/aromatic N) is 1. The summed E-state index contributed by atoms with van der Waals surface area (Å²) in [6.07, 6.45) is 3.17. The third kappa shape index (κ3) is 6.08. The van der Waals surface area contributed by atoms with Crippen molar-refractivity contribution in [3.63, 3.8) is 0 Å². The maximum atomic E-state index is 13.2. The monoisotopic (exact) mass is 404 g/mol. The predicted octanol–water partition coefficient (Wildman–Crippen LogP) is 4.34. The molecule has 1 heterocycles. The molecule has 2 amide bonds. The van der Waals surface area contributed by atoms with Crippen molar-refractivity contribution in [2.75, 3.05) is 0 Å². The van der Waals surface area contributed by atoms with E-state index in [1.165, 1.54) is 0 Å². The SMILES string of the molecule is CCCC(=O)N(Cc1ccccc1)C(Cc1ccccc1)C(=O)NCc1ccco1. The van der Waals surface area contributed by atoms with E-state index < -0.39 is 6.04 Å². The minimum absolute atomic E-state index is 0.0181. The van der Waals surface area contributed by atoms with Crippen LogP contribution in [0.2, 0.25) is 0 Å². The summed E-state index contributed by atoms with van der Waals surface area (Å²) in [5.74, 6) is 0.474. The molecule has 5 heteroatoms. The number of rotatable bonds is 10. The lowest BCUT2D eigenvalue weighted by atomic mass is 10.0. The second kappa shape index (κ2) is 11.0. The molecule has 0 aliphatic heterocycles. The van der Waals surface area contributed by atoms with Gasteiger partial charge in [-0.05, 0) is 29.7 Å². The summed E-state index contributed by atoms with van der Waals surface area (Å²) in [6, 6.07) is 22.6. The van der Waals surface area contributed by atoms with Crippen molar-refractivity contribution in [3.05, 3.63) is 95.9 Å². The van der Waals surface area contributed by atoms with Gasteiger partial charge in [-0.1, -0.05) is 67.6 Å². The Morgan fingerprint density at radius 2 is 1.60 bits per heavy atom. The quantitative estimate of drug-likeness (QED) is 0.547. The van der Waals surface area contributed by atoms with E-state index in [9.17, 15) is 9.59 Å². The first-order chi connectivity index (χ1) is 14.7. The fourth-order valence-electron chi connectivity index (χ4n) is 3.40. The average molecular weight is 405 g/mol. The largest absolute Gasteiger partial charge is 0.467 e. The third-order valence-electron chi connectivity index (χ3n) is 4.95. The smallest absolute Gasteiger partial charge is 0.243 e. The molecule has 0 saturated carbocycles. The Balaban J connectivity index is 1.85. The normalized spacial score (nSPS) is 11.6. The van der Waals surface area contributed by atoms with Crippen molar-refractivity contribution in [1.29, 1.82) is 0 Å². The molecule has 0 aliphatic rings. The zero-order valence-corrected chi connectivity index (χ0v) is 17.3. The highest BCUT2D eigenvalue weighted by Crippen LogP contribution is 2.16. The number of furan rings is 1. The Morgan fingerprint density at radius 3 is 2.20 bits per heavy atom. The van der Waals surface area contributed by atoms with Gasteiger partial charge in [0.05, 0.1) is 12.8 Å². The predicted molar refractivity (Wildman–Crippen MR) is 116 cm³/mol. The van der Waals surface area contributed by atoms with E-state index in [-0.39, 0.29) is 18.4 Å². The molecule has 1 unspecified atom stereocenters. The van der Waals surface area contributed by atoms with E-state index in [1.54, 1.807) is 17.2 Å². The molecule has 0 aliphatic carbocycles. The summed E-state index contributed by atoms with van der Waals surface area (Å²) in [6.45, 7) is 2.66. The van der Waals surface area contributed by atoms with Crippen molar-refractivity contribution >= 4 is 11.8 Å². The number of benzene rings is 2.